The normalized spacial score (nSPS) is 12.7. The van der Waals surface area contributed by atoms with Gasteiger partial charge in [0.2, 0.25) is 11.8 Å². The minimum atomic E-state index is -0.987. The van der Waals surface area contributed by atoms with Gasteiger partial charge in [-0.1, -0.05) is 11.2 Å². The van der Waals surface area contributed by atoms with E-state index in [-0.39, 0.29) is 18.1 Å². The van der Waals surface area contributed by atoms with Crippen LogP contribution in [0.25, 0.3) is 0 Å². The Kier molecular flexibility index (Phi) is 6.20. The predicted molar refractivity (Wildman–Crippen MR) is 88.2 cm³/mol. The van der Waals surface area contributed by atoms with Crippen molar-refractivity contribution >= 4 is 17.6 Å². The van der Waals surface area contributed by atoms with Crippen molar-refractivity contribution in [2.75, 3.05) is 11.9 Å². The number of aliphatic hydroxyl groups excluding tert-OH is 1. The molecule has 3 amide bonds. The molecular weight excluding hydrogens is 342 g/mol. The third-order valence-electron chi connectivity index (χ3n) is 3.24. The summed E-state index contributed by atoms with van der Waals surface area (Å²) in [7, 11) is 0. The number of rotatable bonds is 7. The number of primary amides is 1. The molecule has 2 rings (SSSR count). The van der Waals surface area contributed by atoms with E-state index in [1.54, 1.807) is 18.2 Å². The van der Waals surface area contributed by atoms with Gasteiger partial charge >= 0.3 is 6.03 Å². The molecule has 0 aliphatic rings. The van der Waals surface area contributed by atoms with Crippen molar-refractivity contribution in [2.24, 2.45) is 11.5 Å². The lowest BCUT2D eigenvalue weighted by molar-refractivity contribution is -0.118. The zero-order valence-electron chi connectivity index (χ0n) is 13.5. The van der Waals surface area contributed by atoms with Gasteiger partial charge in [-0.3, -0.25) is 4.79 Å². The lowest BCUT2D eigenvalue weighted by atomic mass is 10.2. The molecule has 11 nitrogen and oxygen atoms in total. The molecule has 26 heavy (non-hydrogen) atoms. The second-order valence-corrected chi connectivity index (χ2v) is 5.29. The van der Waals surface area contributed by atoms with Crippen LogP contribution >= 0.6 is 0 Å². The maximum atomic E-state index is 12.2. The van der Waals surface area contributed by atoms with E-state index < -0.39 is 30.6 Å². The molecule has 2 aromatic rings. The summed E-state index contributed by atoms with van der Waals surface area (Å²) >= 11 is 0. The molecule has 1 aromatic carbocycles. The molecule has 0 saturated carbocycles. The van der Waals surface area contributed by atoms with E-state index in [4.69, 9.17) is 26.4 Å². The third-order valence-corrected chi connectivity index (χ3v) is 3.24. The Morgan fingerprint density at radius 3 is 2.85 bits per heavy atom. The van der Waals surface area contributed by atoms with Crippen molar-refractivity contribution in [1.82, 2.24) is 15.5 Å². The van der Waals surface area contributed by atoms with Crippen molar-refractivity contribution in [3.63, 3.8) is 0 Å². The molecule has 0 aliphatic carbocycles. The fraction of sp³-hybridized carbons (Fsp3) is 0.267. The Morgan fingerprint density at radius 1 is 1.42 bits per heavy atom. The van der Waals surface area contributed by atoms with Crippen LogP contribution < -0.4 is 22.1 Å². The number of hydrogen-bond acceptors (Lipinski definition) is 8. The first-order chi connectivity index (χ1) is 12.4. The van der Waals surface area contributed by atoms with Gasteiger partial charge in [-0.25, -0.2) is 4.79 Å². The minimum absolute atomic E-state index is 0.0286. The molecule has 136 valence electrons. The molecule has 2 atom stereocenters. The number of hydrogen-bond donors (Lipinski definition) is 5. The SMILES string of the molecule is N#Cc1cccc(NC(=O)N[C@@H](CC(N)=O)c2nc([C@@H](N)CO)no2)c1. The van der Waals surface area contributed by atoms with Crippen LogP contribution in [0.4, 0.5) is 10.5 Å². The van der Waals surface area contributed by atoms with Gasteiger partial charge in [0.15, 0.2) is 5.82 Å². The number of benzene rings is 1. The van der Waals surface area contributed by atoms with Crippen molar-refractivity contribution in [1.29, 1.82) is 5.26 Å². The van der Waals surface area contributed by atoms with Gasteiger partial charge in [0.25, 0.3) is 0 Å². The highest BCUT2D eigenvalue weighted by molar-refractivity contribution is 5.90. The average molecular weight is 359 g/mol. The molecule has 1 heterocycles. The number of urea groups is 1. The Hall–Kier alpha value is -3.49. The van der Waals surface area contributed by atoms with Crippen molar-refractivity contribution in [2.45, 2.75) is 18.5 Å². The van der Waals surface area contributed by atoms with E-state index >= 15 is 0 Å². The van der Waals surface area contributed by atoms with E-state index in [2.05, 4.69) is 20.8 Å². The average Bonchev–Trinajstić information content (AvgIpc) is 3.10. The van der Waals surface area contributed by atoms with E-state index in [0.29, 0.717) is 11.3 Å². The van der Waals surface area contributed by atoms with Crippen LogP contribution in [0.15, 0.2) is 28.8 Å². The second-order valence-electron chi connectivity index (χ2n) is 5.29. The van der Waals surface area contributed by atoms with Gasteiger partial charge in [0, 0.05) is 5.69 Å². The van der Waals surface area contributed by atoms with E-state index in [1.807, 2.05) is 6.07 Å². The molecule has 11 heteroatoms. The van der Waals surface area contributed by atoms with Crippen LogP contribution in [0.2, 0.25) is 0 Å². The molecule has 0 bridgehead atoms. The maximum Gasteiger partial charge on any atom is 0.319 e. The van der Waals surface area contributed by atoms with Crippen LogP contribution in [0.3, 0.4) is 0 Å². The van der Waals surface area contributed by atoms with Gasteiger partial charge in [-0.15, -0.1) is 0 Å². The lowest BCUT2D eigenvalue weighted by Gasteiger charge is -2.14. The molecular formula is C15H17N7O4. The van der Waals surface area contributed by atoms with Crippen LogP contribution in [0.1, 0.15) is 35.8 Å². The molecule has 0 aliphatic heterocycles. The van der Waals surface area contributed by atoms with E-state index in [1.165, 1.54) is 6.07 Å². The molecule has 0 saturated heterocycles. The number of nitrogens with zero attached hydrogens (tertiary/aromatic N) is 3. The third kappa shape index (κ3) is 5.00. The van der Waals surface area contributed by atoms with Crippen LogP contribution in [-0.4, -0.2) is 33.8 Å². The molecule has 0 radical (unpaired) electrons. The van der Waals surface area contributed by atoms with E-state index in [0.717, 1.165) is 0 Å². The predicted octanol–water partition coefficient (Wildman–Crippen LogP) is -0.328. The smallest absolute Gasteiger partial charge is 0.319 e. The number of nitrogens with two attached hydrogens (primary N) is 2. The zero-order chi connectivity index (χ0) is 19.1. The Labute approximate surface area is 148 Å². The van der Waals surface area contributed by atoms with Crippen LogP contribution in [0.5, 0.6) is 0 Å². The first-order valence-electron chi connectivity index (χ1n) is 7.49. The van der Waals surface area contributed by atoms with Crippen LogP contribution in [-0.2, 0) is 4.79 Å². The summed E-state index contributed by atoms with van der Waals surface area (Å²) in [5.41, 5.74) is 11.5. The molecule has 0 unspecified atom stereocenters. The highest BCUT2D eigenvalue weighted by atomic mass is 16.5. The first kappa shape index (κ1) is 18.8. The number of amides is 3. The Balaban J connectivity index is 2.11. The quantitative estimate of drug-likeness (QED) is 0.443. The van der Waals surface area contributed by atoms with Gasteiger partial charge < -0.3 is 31.7 Å². The summed E-state index contributed by atoms with van der Waals surface area (Å²) in [4.78, 5) is 27.4. The highest BCUT2D eigenvalue weighted by Gasteiger charge is 2.25. The van der Waals surface area contributed by atoms with Crippen molar-refractivity contribution < 1.29 is 19.2 Å². The standard InChI is InChI=1S/C15H17N7O4/c16-6-8-2-1-3-9(4-8)19-15(25)20-11(5-12(18)24)14-21-13(22-26-14)10(17)7-23/h1-4,10-11,23H,5,7,17H2,(H2,18,24)(H2,19,20,25)/t10-,11-/m0/s1. The molecule has 0 fully saturated rings. The maximum absolute atomic E-state index is 12.2. The summed E-state index contributed by atoms with van der Waals surface area (Å²) in [6, 6.07) is 5.71. The largest absolute Gasteiger partial charge is 0.394 e. The minimum Gasteiger partial charge on any atom is -0.394 e. The highest BCUT2D eigenvalue weighted by Crippen LogP contribution is 2.17. The summed E-state index contributed by atoms with van der Waals surface area (Å²) in [6.45, 7) is -0.400. The Morgan fingerprint density at radius 2 is 2.19 bits per heavy atom. The molecule has 7 N–H and O–H groups in total. The molecule has 1 aromatic heterocycles. The topological polar surface area (TPSA) is 193 Å². The van der Waals surface area contributed by atoms with Gasteiger partial charge in [-0.2, -0.15) is 10.2 Å². The summed E-state index contributed by atoms with van der Waals surface area (Å²) < 4.78 is 4.99. The second kappa shape index (κ2) is 8.56. The monoisotopic (exact) mass is 359 g/mol. The van der Waals surface area contributed by atoms with Gasteiger partial charge in [0.1, 0.15) is 6.04 Å². The summed E-state index contributed by atoms with van der Waals surface area (Å²) in [5.74, 6) is -0.752. The Bertz CT molecular complexity index is 829. The zero-order valence-corrected chi connectivity index (χ0v) is 13.5. The molecule has 0 spiro atoms. The van der Waals surface area contributed by atoms with Crippen molar-refractivity contribution in [3.8, 4) is 6.07 Å². The van der Waals surface area contributed by atoms with Crippen LogP contribution in [0, 0.1) is 11.3 Å². The number of aromatic nitrogens is 2. The lowest BCUT2D eigenvalue weighted by Crippen LogP contribution is -2.35. The first-order valence-corrected chi connectivity index (χ1v) is 7.49. The van der Waals surface area contributed by atoms with Gasteiger partial charge in [-0.05, 0) is 18.2 Å². The number of nitriles is 1. The number of nitrogens with one attached hydrogen (secondary N) is 2. The fourth-order valence-electron chi connectivity index (χ4n) is 2.01. The number of carbonyl (C=O) groups excluding carboxylic acids is 2. The number of aliphatic hydroxyl groups is 1. The number of carbonyl (C=O) groups is 2. The fourth-order valence-corrected chi connectivity index (χ4v) is 2.01. The van der Waals surface area contributed by atoms with Crippen molar-refractivity contribution in [3.05, 3.63) is 41.5 Å². The summed E-state index contributed by atoms with van der Waals surface area (Å²) in [5, 5.41) is 26.5. The number of anilines is 1. The van der Waals surface area contributed by atoms with E-state index in [9.17, 15) is 9.59 Å². The summed E-state index contributed by atoms with van der Waals surface area (Å²) in [6.07, 6.45) is -0.290. The van der Waals surface area contributed by atoms with Gasteiger partial charge in [0.05, 0.1) is 30.7 Å².